The Bertz CT molecular complexity index is 1390. The molecule has 0 amide bonds. The number of methoxy groups -OCH3 is 1. The second-order valence-corrected chi connectivity index (χ2v) is 8.75. The maximum atomic E-state index is 6.12. The van der Waals surface area contributed by atoms with Crippen LogP contribution in [0.1, 0.15) is 17.3 Å². The molecule has 2 aromatic heterocycles. The Hall–Kier alpha value is -3.62. The molecule has 0 fully saturated rings. The highest BCUT2D eigenvalue weighted by Crippen LogP contribution is 2.30. The van der Waals surface area contributed by atoms with Gasteiger partial charge in [0.2, 0.25) is 11.7 Å². The van der Waals surface area contributed by atoms with Gasteiger partial charge in [-0.15, -0.1) is 10.2 Å². The summed E-state index contributed by atoms with van der Waals surface area (Å²) in [4.78, 5) is 4.54. The Morgan fingerprint density at radius 1 is 0.941 bits per heavy atom. The largest absolute Gasteiger partial charge is 0.496 e. The minimum absolute atomic E-state index is 0.444. The Kier molecular flexibility index (Phi) is 6.60. The summed E-state index contributed by atoms with van der Waals surface area (Å²) in [7, 11) is 1.62. The molecule has 9 heteroatoms. The first kappa shape index (κ1) is 22.2. The minimum atomic E-state index is 0.444. The zero-order valence-corrected chi connectivity index (χ0v) is 19.8. The fourth-order valence-corrected chi connectivity index (χ4v) is 4.45. The number of ether oxygens (including phenoxy) is 1. The molecule has 0 saturated carbocycles. The van der Waals surface area contributed by atoms with Crippen LogP contribution in [0.3, 0.4) is 0 Å². The Balaban J connectivity index is 1.41. The molecule has 5 rings (SSSR count). The number of para-hydroxylation sites is 1. The van der Waals surface area contributed by atoms with E-state index in [1.807, 2.05) is 71.3 Å². The molecular formula is C25H20ClN5O2S. The third-order valence-corrected chi connectivity index (χ3v) is 6.30. The monoisotopic (exact) mass is 489 g/mol. The summed E-state index contributed by atoms with van der Waals surface area (Å²) in [5.74, 6) is 2.93. The van der Waals surface area contributed by atoms with Crippen LogP contribution in [0, 0.1) is 0 Å². The summed E-state index contributed by atoms with van der Waals surface area (Å²) >= 11 is 7.59. The highest BCUT2D eigenvalue weighted by molar-refractivity contribution is 7.98. The summed E-state index contributed by atoms with van der Waals surface area (Å²) < 4.78 is 12.9. The molecular weight excluding hydrogens is 470 g/mol. The van der Waals surface area contributed by atoms with Crippen LogP contribution in [0.25, 0.3) is 17.1 Å². The second-order valence-electron chi connectivity index (χ2n) is 7.37. The van der Waals surface area contributed by atoms with Gasteiger partial charge < -0.3 is 9.26 Å². The summed E-state index contributed by atoms with van der Waals surface area (Å²) in [5, 5.41) is 14.4. The molecule has 3 aromatic carbocycles. The van der Waals surface area contributed by atoms with Gasteiger partial charge in [-0.3, -0.25) is 4.57 Å². The zero-order valence-electron chi connectivity index (χ0n) is 18.3. The molecule has 0 radical (unpaired) electrons. The Labute approximate surface area is 205 Å². The highest BCUT2D eigenvalue weighted by Gasteiger charge is 2.18. The van der Waals surface area contributed by atoms with Gasteiger partial charge in [-0.25, -0.2) is 0 Å². The third kappa shape index (κ3) is 4.83. The maximum absolute atomic E-state index is 6.12. The summed E-state index contributed by atoms with van der Waals surface area (Å²) in [6, 6.07) is 25.4. The van der Waals surface area contributed by atoms with Gasteiger partial charge in [-0.1, -0.05) is 71.0 Å². The minimum Gasteiger partial charge on any atom is -0.496 e. The molecule has 7 nitrogen and oxygen atoms in total. The van der Waals surface area contributed by atoms with E-state index in [9.17, 15) is 0 Å². The molecule has 0 spiro atoms. The van der Waals surface area contributed by atoms with Crippen LogP contribution in [-0.2, 0) is 12.2 Å². The number of benzene rings is 3. The first-order valence-corrected chi connectivity index (χ1v) is 11.9. The Morgan fingerprint density at radius 3 is 2.50 bits per heavy atom. The summed E-state index contributed by atoms with van der Waals surface area (Å²) in [5.41, 5.74) is 2.86. The van der Waals surface area contributed by atoms with Crippen molar-refractivity contribution in [1.29, 1.82) is 0 Å². The third-order valence-electron chi connectivity index (χ3n) is 5.13. The van der Waals surface area contributed by atoms with E-state index < -0.39 is 0 Å². The van der Waals surface area contributed by atoms with Crippen molar-refractivity contribution in [3.05, 3.63) is 101 Å². The van der Waals surface area contributed by atoms with E-state index in [4.69, 9.17) is 20.9 Å². The van der Waals surface area contributed by atoms with Crippen molar-refractivity contribution in [2.45, 2.75) is 17.3 Å². The van der Waals surface area contributed by atoms with E-state index in [-0.39, 0.29) is 0 Å². The van der Waals surface area contributed by atoms with Gasteiger partial charge in [0.25, 0.3) is 0 Å². The van der Waals surface area contributed by atoms with Gasteiger partial charge >= 0.3 is 0 Å². The van der Waals surface area contributed by atoms with E-state index in [1.54, 1.807) is 7.11 Å². The lowest BCUT2D eigenvalue weighted by Gasteiger charge is -2.10. The molecule has 0 N–H and O–H groups in total. The Morgan fingerprint density at radius 2 is 1.71 bits per heavy atom. The summed E-state index contributed by atoms with van der Waals surface area (Å²) in [6.07, 6.45) is 0.648. The van der Waals surface area contributed by atoms with Gasteiger partial charge in [0, 0.05) is 17.1 Å². The molecule has 0 saturated heterocycles. The fourth-order valence-electron chi connectivity index (χ4n) is 3.51. The van der Waals surface area contributed by atoms with Crippen LogP contribution in [0.5, 0.6) is 5.75 Å². The van der Waals surface area contributed by atoms with Crippen LogP contribution in [0.4, 0.5) is 0 Å². The molecule has 0 aliphatic heterocycles. The lowest BCUT2D eigenvalue weighted by molar-refractivity contribution is 0.390. The first-order chi connectivity index (χ1) is 16.7. The molecule has 0 aliphatic carbocycles. The number of halogens is 1. The molecule has 0 unspecified atom stereocenters. The zero-order chi connectivity index (χ0) is 23.3. The molecule has 0 aliphatic rings. The topological polar surface area (TPSA) is 78.9 Å². The smallest absolute Gasteiger partial charge is 0.237 e. The molecule has 34 heavy (non-hydrogen) atoms. The quantitative estimate of drug-likeness (QED) is 0.252. The van der Waals surface area contributed by atoms with Crippen LogP contribution < -0.4 is 4.74 Å². The lowest BCUT2D eigenvalue weighted by Crippen LogP contribution is -2.04. The highest BCUT2D eigenvalue weighted by atomic mass is 35.5. The van der Waals surface area contributed by atoms with Gasteiger partial charge in [0.15, 0.2) is 5.16 Å². The molecule has 0 atom stereocenters. The van der Waals surface area contributed by atoms with E-state index in [0.717, 1.165) is 27.8 Å². The van der Waals surface area contributed by atoms with E-state index in [1.165, 1.54) is 11.8 Å². The van der Waals surface area contributed by atoms with Gasteiger partial charge in [-0.2, -0.15) is 4.98 Å². The standard InChI is InChI=1S/C25H20ClN5O2S/c1-32-21-10-6-5-9-20(21)24-27-23(33-30-24)16-34-25-29-28-22(15-17-7-3-2-4-8-17)31(25)19-13-11-18(26)12-14-19/h2-14H,15-16H2,1H3. The predicted octanol–water partition coefficient (Wildman–Crippen LogP) is 5.86. The number of hydrogen-bond donors (Lipinski definition) is 0. The van der Waals surface area contributed by atoms with E-state index >= 15 is 0 Å². The van der Waals surface area contributed by atoms with Crippen molar-refractivity contribution in [2.75, 3.05) is 7.11 Å². The van der Waals surface area contributed by atoms with Crippen LogP contribution in [-0.4, -0.2) is 32.0 Å². The van der Waals surface area contributed by atoms with Crippen LogP contribution >= 0.6 is 23.4 Å². The predicted molar refractivity (Wildman–Crippen MR) is 131 cm³/mol. The van der Waals surface area contributed by atoms with Crippen molar-refractivity contribution in [2.24, 2.45) is 0 Å². The molecule has 170 valence electrons. The normalized spacial score (nSPS) is 11.0. The average molecular weight is 490 g/mol. The molecule has 0 bridgehead atoms. The van der Waals surface area contributed by atoms with Crippen LogP contribution in [0.15, 0.2) is 88.5 Å². The summed E-state index contributed by atoms with van der Waals surface area (Å²) in [6.45, 7) is 0. The van der Waals surface area contributed by atoms with Gasteiger partial charge in [-0.05, 0) is 42.0 Å². The fraction of sp³-hybridized carbons (Fsp3) is 0.120. The number of thioether (sulfide) groups is 1. The second kappa shape index (κ2) is 10.1. The van der Waals surface area contributed by atoms with Crippen molar-refractivity contribution >= 4 is 23.4 Å². The van der Waals surface area contributed by atoms with Crippen molar-refractivity contribution < 1.29 is 9.26 Å². The maximum Gasteiger partial charge on any atom is 0.237 e. The molecule has 2 heterocycles. The van der Waals surface area contributed by atoms with E-state index in [0.29, 0.717) is 34.7 Å². The number of nitrogens with zero attached hydrogens (tertiary/aromatic N) is 5. The lowest BCUT2D eigenvalue weighted by atomic mass is 10.1. The van der Waals surface area contributed by atoms with Crippen molar-refractivity contribution in [3.63, 3.8) is 0 Å². The van der Waals surface area contributed by atoms with E-state index in [2.05, 4.69) is 32.5 Å². The number of aromatic nitrogens is 5. The van der Waals surface area contributed by atoms with Gasteiger partial charge in [0.1, 0.15) is 11.6 Å². The van der Waals surface area contributed by atoms with Gasteiger partial charge in [0.05, 0.1) is 18.4 Å². The van der Waals surface area contributed by atoms with Crippen LogP contribution in [0.2, 0.25) is 5.02 Å². The number of rotatable bonds is 8. The first-order valence-electron chi connectivity index (χ1n) is 10.5. The number of hydrogen-bond acceptors (Lipinski definition) is 7. The molecule has 5 aromatic rings. The van der Waals surface area contributed by atoms with Crippen molar-refractivity contribution in [3.8, 4) is 22.8 Å². The SMILES string of the molecule is COc1ccccc1-c1noc(CSc2nnc(Cc3ccccc3)n2-c2ccc(Cl)cc2)n1. The average Bonchev–Trinajstić information content (AvgIpc) is 3.51. The van der Waals surface area contributed by atoms with Crippen molar-refractivity contribution in [1.82, 2.24) is 24.9 Å².